The van der Waals surface area contributed by atoms with E-state index >= 15 is 0 Å². The first-order valence-electron chi connectivity index (χ1n) is 9.83. The van der Waals surface area contributed by atoms with E-state index in [4.69, 9.17) is 0 Å². The zero-order chi connectivity index (χ0) is 23.5. The van der Waals surface area contributed by atoms with E-state index < -0.39 is 32.6 Å². The molecule has 1 heterocycles. The average Bonchev–Trinajstić information content (AvgIpc) is 2.73. The molecular weight excluding hydrogens is 447 g/mol. The third-order valence-electron chi connectivity index (χ3n) is 5.06. The van der Waals surface area contributed by atoms with Crippen molar-refractivity contribution < 1.29 is 31.2 Å². The topological polar surface area (TPSA) is 95.6 Å². The molecule has 172 valence electrons. The first kappa shape index (κ1) is 23.6. The SMILES string of the molecule is CC(=O)NC1CCN(C(=O)c2ccccc2NS(=O)(=O)c2cccc(C(F)(F)F)c2)CC1. The largest absolute Gasteiger partial charge is 0.416 e. The van der Waals surface area contributed by atoms with Crippen LogP contribution in [0.1, 0.15) is 35.7 Å². The first-order chi connectivity index (χ1) is 15.0. The molecule has 0 bridgehead atoms. The Morgan fingerprint density at radius 2 is 1.69 bits per heavy atom. The molecule has 0 aromatic heterocycles. The average molecular weight is 469 g/mol. The fourth-order valence-electron chi connectivity index (χ4n) is 3.49. The number of rotatable bonds is 5. The van der Waals surface area contributed by atoms with E-state index in [0.717, 1.165) is 18.2 Å². The van der Waals surface area contributed by atoms with Gasteiger partial charge in [-0.15, -0.1) is 0 Å². The Morgan fingerprint density at radius 1 is 1.03 bits per heavy atom. The van der Waals surface area contributed by atoms with Gasteiger partial charge in [-0.1, -0.05) is 18.2 Å². The van der Waals surface area contributed by atoms with Crippen LogP contribution in [-0.2, 0) is 21.0 Å². The van der Waals surface area contributed by atoms with E-state index in [1.165, 1.54) is 25.1 Å². The van der Waals surface area contributed by atoms with Crippen molar-refractivity contribution >= 4 is 27.5 Å². The summed E-state index contributed by atoms with van der Waals surface area (Å²) in [6.45, 7) is 2.17. The van der Waals surface area contributed by atoms with E-state index in [1.807, 2.05) is 0 Å². The molecule has 0 unspecified atom stereocenters. The summed E-state index contributed by atoms with van der Waals surface area (Å²) in [6, 6.07) is 9.26. The summed E-state index contributed by atoms with van der Waals surface area (Å²) in [7, 11) is -4.37. The van der Waals surface area contributed by atoms with Gasteiger partial charge in [0.05, 0.1) is 21.7 Å². The summed E-state index contributed by atoms with van der Waals surface area (Å²) < 4.78 is 66.6. The minimum Gasteiger partial charge on any atom is -0.353 e. The Balaban J connectivity index is 1.80. The molecule has 0 aliphatic carbocycles. The van der Waals surface area contributed by atoms with Gasteiger partial charge in [0.15, 0.2) is 0 Å². The number of likely N-dealkylation sites (tertiary alicyclic amines) is 1. The molecule has 11 heteroatoms. The zero-order valence-electron chi connectivity index (χ0n) is 17.1. The molecule has 32 heavy (non-hydrogen) atoms. The van der Waals surface area contributed by atoms with Gasteiger partial charge in [-0.2, -0.15) is 13.2 Å². The normalized spacial score (nSPS) is 15.3. The second-order valence-corrected chi connectivity index (χ2v) is 9.13. The van der Waals surface area contributed by atoms with E-state index in [9.17, 15) is 31.2 Å². The summed E-state index contributed by atoms with van der Waals surface area (Å²) >= 11 is 0. The molecule has 2 aromatic carbocycles. The van der Waals surface area contributed by atoms with Crippen LogP contribution in [0, 0.1) is 0 Å². The van der Waals surface area contributed by atoms with Crippen LogP contribution >= 0.6 is 0 Å². The van der Waals surface area contributed by atoms with Crippen molar-refractivity contribution in [1.29, 1.82) is 0 Å². The number of para-hydroxylation sites is 1. The fraction of sp³-hybridized carbons (Fsp3) is 0.333. The molecule has 0 spiro atoms. The van der Waals surface area contributed by atoms with Crippen LogP contribution in [0.2, 0.25) is 0 Å². The molecule has 0 radical (unpaired) electrons. The van der Waals surface area contributed by atoms with E-state index in [1.54, 1.807) is 11.0 Å². The minimum atomic E-state index is -4.69. The second kappa shape index (κ2) is 9.19. The molecule has 1 fully saturated rings. The number of carbonyl (C=O) groups excluding carboxylic acids is 2. The molecule has 2 N–H and O–H groups in total. The van der Waals surface area contributed by atoms with Gasteiger partial charge in [-0.05, 0) is 43.2 Å². The van der Waals surface area contributed by atoms with Crippen LogP contribution in [-0.4, -0.2) is 44.3 Å². The summed E-state index contributed by atoms with van der Waals surface area (Å²) in [5.74, 6) is -0.558. The van der Waals surface area contributed by atoms with Crippen molar-refractivity contribution in [2.45, 2.75) is 36.9 Å². The van der Waals surface area contributed by atoms with Crippen molar-refractivity contribution in [3.8, 4) is 0 Å². The Kier molecular flexibility index (Phi) is 6.77. The number of alkyl halides is 3. The predicted octanol–water partition coefficient (Wildman–Crippen LogP) is 3.25. The van der Waals surface area contributed by atoms with Crippen LogP contribution in [0.4, 0.5) is 18.9 Å². The molecular formula is C21H22F3N3O4S. The number of nitrogens with zero attached hydrogens (tertiary/aromatic N) is 1. The molecule has 0 saturated carbocycles. The van der Waals surface area contributed by atoms with Crippen LogP contribution in [0.5, 0.6) is 0 Å². The van der Waals surface area contributed by atoms with E-state index in [2.05, 4.69) is 10.0 Å². The van der Waals surface area contributed by atoms with Gasteiger partial charge in [0.25, 0.3) is 15.9 Å². The standard InChI is InChI=1S/C21H22F3N3O4S/c1-14(28)25-16-9-11-27(12-10-16)20(29)18-7-2-3-8-19(18)26-32(30,31)17-6-4-5-15(13-17)21(22,23)24/h2-8,13,16,26H,9-12H2,1H3,(H,25,28). The fourth-order valence-corrected chi connectivity index (χ4v) is 4.61. The number of anilines is 1. The lowest BCUT2D eigenvalue weighted by Crippen LogP contribution is -2.46. The molecule has 1 saturated heterocycles. The van der Waals surface area contributed by atoms with Gasteiger partial charge in [0, 0.05) is 26.1 Å². The van der Waals surface area contributed by atoms with Crippen molar-refractivity contribution in [3.63, 3.8) is 0 Å². The summed E-state index contributed by atoms with van der Waals surface area (Å²) in [5.41, 5.74) is -1.04. The van der Waals surface area contributed by atoms with Crippen LogP contribution in [0.25, 0.3) is 0 Å². The van der Waals surface area contributed by atoms with Crippen LogP contribution in [0.3, 0.4) is 0 Å². The molecule has 2 aromatic rings. The van der Waals surface area contributed by atoms with Gasteiger partial charge >= 0.3 is 6.18 Å². The smallest absolute Gasteiger partial charge is 0.353 e. The first-order valence-corrected chi connectivity index (χ1v) is 11.3. The number of piperidine rings is 1. The lowest BCUT2D eigenvalue weighted by Gasteiger charge is -2.32. The second-order valence-electron chi connectivity index (χ2n) is 7.44. The van der Waals surface area contributed by atoms with Crippen molar-refractivity contribution in [2.24, 2.45) is 0 Å². The number of hydrogen-bond acceptors (Lipinski definition) is 4. The third-order valence-corrected chi connectivity index (χ3v) is 6.43. The highest BCUT2D eigenvalue weighted by molar-refractivity contribution is 7.92. The Hall–Kier alpha value is -3.08. The molecule has 7 nitrogen and oxygen atoms in total. The van der Waals surface area contributed by atoms with Crippen LogP contribution < -0.4 is 10.0 Å². The van der Waals surface area contributed by atoms with Gasteiger partial charge in [-0.25, -0.2) is 8.42 Å². The predicted molar refractivity (Wildman–Crippen MR) is 111 cm³/mol. The summed E-state index contributed by atoms with van der Waals surface area (Å²) in [5, 5.41) is 2.81. The highest BCUT2D eigenvalue weighted by Crippen LogP contribution is 2.31. The van der Waals surface area contributed by atoms with Gasteiger partial charge in [0.1, 0.15) is 0 Å². The number of amides is 2. The number of carbonyl (C=O) groups is 2. The maximum atomic E-state index is 13.0. The van der Waals surface area contributed by atoms with Gasteiger partial charge < -0.3 is 10.2 Å². The molecule has 3 rings (SSSR count). The summed E-state index contributed by atoms with van der Waals surface area (Å²) in [6.07, 6.45) is -3.57. The van der Waals surface area contributed by atoms with Gasteiger partial charge in [0.2, 0.25) is 5.91 Å². The van der Waals surface area contributed by atoms with Gasteiger partial charge in [-0.3, -0.25) is 14.3 Å². The Bertz CT molecular complexity index is 1110. The Labute approximate surface area is 183 Å². The number of halogens is 3. The van der Waals surface area contributed by atoms with Crippen LogP contribution in [0.15, 0.2) is 53.4 Å². The number of hydrogen-bond donors (Lipinski definition) is 2. The monoisotopic (exact) mass is 469 g/mol. The third kappa shape index (κ3) is 5.58. The van der Waals surface area contributed by atoms with Crippen molar-refractivity contribution in [3.05, 3.63) is 59.7 Å². The minimum absolute atomic E-state index is 0.0288. The van der Waals surface area contributed by atoms with E-state index in [-0.39, 0.29) is 23.2 Å². The highest BCUT2D eigenvalue weighted by Gasteiger charge is 2.32. The number of sulfonamides is 1. The number of nitrogens with one attached hydrogen (secondary N) is 2. The van der Waals surface area contributed by atoms with Crippen molar-refractivity contribution in [2.75, 3.05) is 17.8 Å². The lowest BCUT2D eigenvalue weighted by molar-refractivity contribution is -0.137. The molecule has 1 aliphatic heterocycles. The van der Waals surface area contributed by atoms with Crippen molar-refractivity contribution in [1.82, 2.24) is 10.2 Å². The van der Waals surface area contributed by atoms with E-state index in [0.29, 0.717) is 32.0 Å². The molecule has 2 amide bonds. The lowest BCUT2D eigenvalue weighted by atomic mass is 10.0. The quantitative estimate of drug-likeness (QED) is 0.703. The zero-order valence-corrected chi connectivity index (χ0v) is 18.0. The maximum absolute atomic E-state index is 13.0. The number of benzene rings is 2. The molecule has 1 aliphatic rings. The summed E-state index contributed by atoms with van der Waals surface area (Å²) in [4.78, 5) is 25.2. The Morgan fingerprint density at radius 3 is 2.31 bits per heavy atom. The highest BCUT2D eigenvalue weighted by atomic mass is 32.2. The molecule has 0 atom stereocenters. The maximum Gasteiger partial charge on any atom is 0.416 e.